The van der Waals surface area contributed by atoms with Crippen molar-refractivity contribution in [1.82, 2.24) is 14.4 Å². The Bertz CT molecular complexity index is 671. The predicted molar refractivity (Wildman–Crippen MR) is 64.8 cm³/mol. The van der Waals surface area contributed by atoms with Crippen LogP contribution in [-0.2, 0) is 0 Å². The van der Waals surface area contributed by atoms with E-state index in [0.29, 0.717) is 11.5 Å². The van der Waals surface area contributed by atoms with Crippen molar-refractivity contribution in [2.24, 2.45) is 0 Å². The van der Waals surface area contributed by atoms with Gasteiger partial charge in [-0.25, -0.2) is 9.97 Å². The molecule has 0 fully saturated rings. The molecule has 0 unspecified atom stereocenters. The molecule has 4 nitrogen and oxygen atoms in total. The van der Waals surface area contributed by atoms with Crippen LogP contribution in [0, 0.1) is 6.92 Å². The highest BCUT2D eigenvalue weighted by molar-refractivity contribution is 5.67. The normalized spacial score (nSPS) is 10.9. The van der Waals surface area contributed by atoms with Crippen molar-refractivity contribution in [2.45, 2.75) is 6.92 Å². The van der Waals surface area contributed by atoms with Gasteiger partial charge in [0.2, 0.25) is 11.7 Å². The Labute approximate surface area is 98.2 Å². The Kier molecular flexibility index (Phi) is 2.08. The molecule has 0 aliphatic heterocycles. The second-order valence-electron chi connectivity index (χ2n) is 3.94. The minimum absolute atomic E-state index is 0.122. The van der Waals surface area contributed by atoms with Crippen LogP contribution in [0.3, 0.4) is 0 Å². The quantitative estimate of drug-likeness (QED) is 0.691. The number of aromatic nitrogens is 3. The van der Waals surface area contributed by atoms with Crippen LogP contribution in [0.25, 0.3) is 17.0 Å². The highest BCUT2D eigenvalue weighted by Crippen LogP contribution is 2.28. The summed E-state index contributed by atoms with van der Waals surface area (Å²) in [6.45, 7) is 2.02. The van der Waals surface area contributed by atoms with E-state index in [1.807, 2.05) is 31.2 Å². The zero-order valence-electron chi connectivity index (χ0n) is 9.33. The monoisotopic (exact) mass is 225 g/mol. The van der Waals surface area contributed by atoms with Crippen LogP contribution in [0.1, 0.15) is 5.56 Å². The first-order valence-electron chi connectivity index (χ1n) is 5.35. The van der Waals surface area contributed by atoms with Crippen LogP contribution >= 0.6 is 0 Å². The second-order valence-corrected chi connectivity index (χ2v) is 3.94. The average molecular weight is 225 g/mol. The van der Waals surface area contributed by atoms with E-state index < -0.39 is 0 Å². The number of aryl methyl sites for hydroxylation is 1. The molecule has 0 radical (unpaired) electrons. The Balaban J connectivity index is 2.24. The van der Waals surface area contributed by atoms with Crippen molar-refractivity contribution < 1.29 is 5.11 Å². The van der Waals surface area contributed by atoms with Gasteiger partial charge >= 0.3 is 0 Å². The summed E-state index contributed by atoms with van der Waals surface area (Å²) in [5, 5.41) is 10.1. The van der Waals surface area contributed by atoms with Crippen LogP contribution in [0.5, 0.6) is 5.88 Å². The Morgan fingerprint density at radius 1 is 1.18 bits per heavy atom. The SMILES string of the molecule is Cc1ccc(-c2nc3ncccn3c2O)cc1. The Hall–Kier alpha value is -2.36. The molecular weight excluding hydrogens is 214 g/mol. The molecule has 0 aliphatic rings. The summed E-state index contributed by atoms with van der Waals surface area (Å²) in [5.74, 6) is 0.623. The van der Waals surface area contributed by atoms with Crippen LogP contribution in [-0.4, -0.2) is 19.5 Å². The molecule has 0 spiro atoms. The number of aromatic hydroxyl groups is 1. The van der Waals surface area contributed by atoms with Gasteiger partial charge in [-0.15, -0.1) is 0 Å². The fraction of sp³-hybridized carbons (Fsp3) is 0.0769. The highest BCUT2D eigenvalue weighted by Gasteiger charge is 2.12. The number of benzene rings is 1. The van der Waals surface area contributed by atoms with Gasteiger partial charge in [0, 0.05) is 18.0 Å². The van der Waals surface area contributed by atoms with Crippen molar-refractivity contribution in [2.75, 3.05) is 0 Å². The molecular formula is C13H11N3O. The summed E-state index contributed by atoms with van der Waals surface area (Å²) >= 11 is 0. The summed E-state index contributed by atoms with van der Waals surface area (Å²) in [4.78, 5) is 8.41. The van der Waals surface area contributed by atoms with Crippen molar-refractivity contribution >= 4 is 5.78 Å². The minimum atomic E-state index is 0.122. The molecule has 0 atom stereocenters. The van der Waals surface area contributed by atoms with E-state index in [9.17, 15) is 5.11 Å². The van der Waals surface area contributed by atoms with Crippen LogP contribution in [0.4, 0.5) is 0 Å². The molecule has 0 amide bonds. The number of imidazole rings is 1. The molecule has 0 bridgehead atoms. The summed E-state index contributed by atoms with van der Waals surface area (Å²) < 4.78 is 1.56. The second kappa shape index (κ2) is 3.59. The van der Waals surface area contributed by atoms with Gasteiger partial charge in [0.1, 0.15) is 5.69 Å². The molecule has 4 heteroatoms. The fourth-order valence-electron chi connectivity index (χ4n) is 1.78. The number of hydrogen-bond donors (Lipinski definition) is 1. The number of rotatable bonds is 1. The molecule has 84 valence electrons. The smallest absolute Gasteiger partial charge is 0.237 e. The van der Waals surface area contributed by atoms with E-state index in [2.05, 4.69) is 9.97 Å². The predicted octanol–water partition coefficient (Wildman–Crippen LogP) is 2.41. The van der Waals surface area contributed by atoms with Crippen molar-refractivity contribution in [3.8, 4) is 17.1 Å². The lowest BCUT2D eigenvalue weighted by molar-refractivity contribution is 0.450. The number of nitrogens with zero attached hydrogens (tertiary/aromatic N) is 3. The zero-order chi connectivity index (χ0) is 11.8. The lowest BCUT2D eigenvalue weighted by Crippen LogP contribution is -1.84. The molecule has 3 rings (SSSR count). The summed E-state index contributed by atoms with van der Waals surface area (Å²) in [5.41, 5.74) is 2.62. The van der Waals surface area contributed by atoms with Gasteiger partial charge in [-0.3, -0.25) is 4.40 Å². The van der Waals surface area contributed by atoms with E-state index >= 15 is 0 Å². The molecule has 17 heavy (non-hydrogen) atoms. The molecule has 2 aromatic heterocycles. The highest BCUT2D eigenvalue weighted by atomic mass is 16.3. The van der Waals surface area contributed by atoms with Crippen molar-refractivity contribution in [3.05, 3.63) is 48.3 Å². The maximum absolute atomic E-state index is 10.1. The molecule has 0 aliphatic carbocycles. The number of fused-ring (bicyclic) bond motifs is 1. The third kappa shape index (κ3) is 1.54. The van der Waals surface area contributed by atoms with Crippen LogP contribution < -0.4 is 0 Å². The lowest BCUT2D eigenvalue weighted by Gasteiger charge is -1.98. The lowest BCUT2D eigenvalue weighted by atomic mass is 10.1. The largest absolute Gasteiger partial charge is 0.493 e. The van der Waals surface area contributed by atoms with E-state index in [0.717, 1.165) is 5.56 Å². The van der Waals surface area contributed by atoms with E-state index in [4.69, 9.17) is 0 Å². The molecule has 1 N–H and O–H groups in total. The maximum Gasteiger partial charge on any atom is 0.237 e. The third-order valence-corrected chi connectivity index (χ3v) is 2.70. The Morgan fingerprint density at radius 2 is 1.94 bits per heavy atom. The third-order valence-electron chi connectivity index (χ3n) is 2.70. The molecule has 0 saturated heterocycles. The standard InChI is InChI=1S/C13H11N3O/c1-9-3-5-10(6-4-9)11-12(17)16-8-2-7-14-13(16)15-11/h2-8,17H,1H3. The van der Waals surface area contributed by atoms with E-state index in [1.165, 1.54) is 5.56 Å². The van der Waals surface area contributed by atoms with Gasteiger partial charge in [0.05, 0.1) is 0 Å². The van der Waals surface area contributed by atoms with Gasteiger partial charge in [-0.05, 0) is 13.0 Å². The average Bonchev–Trinajstić information content (AvgIpc) is 2.69. The van der Waals surface area contributed by atoms with Gasteiger partial charge in [0.15, 0.2) is 0 Å². The van der Waals surface area contributed by atoms with Crippen LogP contribution in [0.2, 0.25) is 0 Å². The molecule has 0 saturated carbocycles. The van der Waals surface area contributed by atoms with Crippen molar-refractivity contribution in [1.29, 1.82) is 0 Å². The zero-order valence-corrected chi connectivity index (χ0v) is 9.33. The van der Waals surface area contributed by atoms with Crippen molar-refractivity contribution in [3.63, 3.8) is 0 Å². The van der Waals surface area contributed by atoms with Gasteiger partial charge < -0.3 is 5.11 Å². The minimum Gasteiger partial charge on any atom is -0.493 e. The Morgan fingerprint density at radius 3 is 2.65 bits per heavy atom. The van der Waals surface area contributed by atoms with Gasteiger partial charge in [0.25, 0.3) is 0 Å². The first-order valence-corrected chi connectivity index (χ1v) is 5.35. The topological polar surface area (TPSA) is 50.4 Å². The first-order chi connectivity index (χ1) is 8.25. The summed E-state index contributed by atoms with van der Waals surface area (Å²) in [6, 6.07) is 9.62. The van der Waals surface area contributed by atoms with E-state index in [-0.39, 0.29) is 5.88 Å². The summed E-state index contributed by atoms with van der Waals surface area (Å²) in [7, 11) is 0. The molecule has 1 aromatic carbocycles. The first kappa shape index (κ1) is 9.84. The molecule has 2 heterocycles. The van der Waals surface area contributed by atoms with Crippen LogP contribution in [0.15, 0.2) is 42.7 Å². The van der Waals surface area contributed by atoms with Gasteiger partial charge in [-0.1, -0.05) is 29.8 Å². The van der Waals surface area contributed by atoms with E-state index in [1.54, 1.807) is 22.9 Å². The maximum atomic E-state index is 10.1. The number of hydrogen-bond acceptors (Lipinski definition) is 3. The summed E-state index contributed by atoms with van der Waals surface area (Å²) in [6.07, 6.45) is 3.39. The molecule has 3 aromatic rings. The van der Waals surface area contributed by atoms with Gasteiger partial charge in [-0.2, -0.15) is 0 Å². The fourth-order valence-corrected chi connectivity index (χ4v) is 1.78.